The highest BCUT2D eigenvalue weighted by Crippen LogP contribution is 2.29. The van der Waals surface area contributed by atoms with Gasteiger partial charge in [0, 0.05) is 47.0 Å². The van der Waals surface area contributed by atoms with Crippen LogP contribution >= 0.6 is 0 Å². The van der Waals surface area contributed by atoms with Crippen molar-refractivity contribution in [1.82, 2.24) is 9.13 Å². The third-order valence-electron chi connectivity index (χ3n) is 10.9. The van der Waals surface area contributed by atoms with Crippen molar-refractivity contribution in [1.29, 1.82) is 0 Å². The van der Waals surface area contributed by atoms with Gasteiger partial charge in [-0.15, -0.1) is 0 Å². The Balaban J connectivity index is -0.000000947. The van der Waals surface area contributed by atoms with E-state index in [9.17, 15) is 53.9 Å². The smallest absolute Gasteiger partial charge is 0.341 e. The molecule has 0 radical (unpaired) electrons. The molecule has 2 aliphatic heterocycles. The number of nitrogens with zero attached hydrogens (tertiary/aromatic N) is 4. The number of quaternary nitrogens is 2. The predicted molar refractivity (Wildman–Crippen MR) is 258 cm³/mol. The maximum absolute atomic E-state index is 14.5. The second-order valence-corrected chi connectivity index (χ2v) is 17.5. The van der Waals surface area contributed by atoms with Gasteiger partial charge in [0.15, 0.2) is 0 Å². The number of piperazine rings is 2. The maximum atomic E-state index is 14.5. The SMILES string of the molecule is CCn1cc(C(=O)O)c(=O)c2cc(F)c(N3CC[NH2+]CC3)cc21.CCn1cc(C(=O)O)c(=O)c2cc(F)c(N3CC[NH2+]CC3)cc21.O.O.O.O.O.O.O.O.O=S(=O)([O-])c1cccc2c(S(=O)(=O)[O-])cccc12. The van der Waals surface area contributed by atoms with Crippen LogP contribution in [0, 0.1) is 11.6 Å². The molecule has 6 aromatic rings. The summed E-state index contributed by atoms with van der Waals surface area (Å²) in [6, 6.07) is 12.7. The molecule has 0 atom stereocenters. The van der Waals surface area contributed by atoms with Gasteiger partial charge in [-0.05, 0) is 50.2 Å². The van der Waals surface area contributed by atoms with Crippen LogP contribution in [0.3, 0.4) is 0 Å². The van der Waals surface area contributed by atoms with E-state index in [0.717, 1.165) is 64.5 Å². The Kier molecular flexibility index (Phi) is 27.5. The van der Waals surface area contributed by atoms with E-state index >= 15 is 0 Å². The highest BCUT2D eigenvalue weighted by Gasteiger charge is 2.23. The highest BCUT2D eigenvalue weighted by atomic mass is 32.2. The van der Waals surface area contributed by atoms with Gasteiger partial charge in [0.2, 0.25) is 10.9 Å². The summed E-state index contributed by atoms with van der Waals surface area (Å²) in [7, 11) is -9.48. The first-order valence-corrected chi connectivity index (χ1v) is 22.8. The average Bonchev–Trinajstić information content (AvgIpc) is 3.26. The van der Waals surface area contributed by atoms with Crippen LogP contribution in [0.15, 0.2) is 92.4 Å². The molecule has 30 heteroatoms. The van der Waals surface area contributed by atoms with Gasteiger partial charge in [-0.2, -0.15) is 0 Å². The molecule has 0 saturated carbocycles. The molecule has 404 valence electrons. The van der Waals surface area contributed by atoms with Crippen molar-refractivity contribution in [3.8, 4) is 0 Å². The molecule has 2 aliphatic rings. The average molecular weight is 1070 g/mol. The largest absolute Gasteiger partial charge is 0.744 e. The lowest BCUT2D eigenvalue weighted by Crippen LogP contribution is -2.89. The Labute approximate surface area is 408 Å². The number of pyridine rings is 2. The fourth-order valence-corrected chi connectivity index (χ4v) is 9.17. The quantitative estimate of drug-likeness (QED) is 0.103. The number of hydrogen-bond donors (Lipinski definition) is 4. The van der Waals surface area contributed by atoms with Crippen LogP contribution < -0.4 is 31.3 Å². The summed E-state index contributed by atoms with van der Waals surface area (Å²) >= 11 is 0. The fraction of sp³-hybridized carbons (Fsp3) is 0.286. The second-order valence-electron chi connectivity index (χ2n) is 14.8. The number of aromatic nitrogens is 2. The lowest BCUT2D eigenvalue weighted by molar-refractivity contribution is -0.655. The molecule has 0 bridgehead atoms. The summed E-state index contributed by atoms with van der Waals surface area (Å²) in [4.78, 5) is 49.8. The van der Waals surface area contributed by atoms with Gasteiger partial charge >= 0.3 is 11.9 Å². The van der Waals surface area contributed by atoms with Crippen molar-refractivity contribution in [3.05, 3.63) is 116 Å². The summed E-state index contributed by atoms with van der Waals surface area (Å²) in [6.07, 6.45) is 2.66. The van der Waals surface area contributed by atoms with Gasteiger partial charge in [0.1, 0.15) is 43.0 Å². The summed E-state index contributed by atoms with van der Waals surface area (Å²) in [5.41, 5.74) is 0.106. The van der Waals surface area contributed by atoms with E-state index in [-0.39, 0.29) is 76.5 Å². The van der Waals surface area contributed by atoms with Gasteiger partial charge in [-0.1, -0.05) is 24.3 Å². The van der Waals surface area contributed by atoms with Crippen molar-refractivity contribution in [3.63, 3.8) is 0 Å². The molecule has 8 rings (SSSR count). The summed E-state index contributed by atoms with van der Waals surface area (Å²) in [5.74, 6) is -3.56. The first-order valence-electron chi connectivity index (χ1n) is 20.0. The van der Waals surface area contributed by atoms with Crippen LogP contribution in [0.2, 0.25) is 0 Å². The van der Waals surface area contributed by atoms with Gasteiger partial charge in [0.05, 0.1) is 84.6 Å². The Morgan fingerprint density at radius 3 is 1.12 bits per heavy atom. The minimum atomic E-state index is -4.74. The van der Waals surface area contributed by atoms with Gasteiger partial charge in [-0.25, -0.2) is 35.2 Å². The molecule has 4 aromatic carbocycles. The molecule has 26 nitrogen and oxygen atoms in total. The number of benzene rings is 4. The topological polar surface area (TPSA) is 525 Å². The van der Waals surface area contributed by atoms with Crippen LogP contribution in [0.5, 0.6) is 0 Å². The Morgan fingerprint density at radius 1 is 0.556 bits per heavy atom. The Hall–Kier alpha value is -6.62. The molecule has 2 saturated heterocycles. The van der Waals surface area contributed by atoms with Crippen LogP contribution in [0.4, 0.5) is 20.2 Å². The monoisotopic (exact) mass is 1070 g/mol. The fourth-order valence-electron chi connectivity index (χ4n) is 7.78. The number of anilines is 2. The van der Waals surface area contributed by atoms with Crippen molar-refractivity contribution in [2.24, 2.45) is 0 Å². The molecule has 0 spiro atoms. The van der Waals surface area contributed by atoms with Crippen LogP contribution in [-0.2, 0) is 33.3 Å². The summed E-state index contributed by atoms with van der Waals surface area (Å²) < 4.78 is 98.5. The molecule has 4 heterocycles. The molecule has 72 heavy (non-hydrogen) atoms. The zero-order chi connectivity index (χ0) is 46.7. The third-order valence-corrected chi connectivity index (χ3v) is 12.7. The zero-order valence-electron chi connectivity index (χ0n) is 38.5. The first kappa shape index (κ1) is 69.6. The van der Waals surface area contributed by atoms with Crippen LogP contribution in [0.1, 0.15) is 34.6 Å². The molecule has 2 aromatic heterocycles. The molecule has 0 unspecified atom stereocenters. The van der Waals surface area contributed by atoms with Crippen LogP contribution in [-0.4, -0.2) is 153 Å². The Morgan fingerprint density at radius 2 is 0.861 bits per heavy atom. The lowest BCUT2D eigenvalue weighted by atomic mass is 10.1. The van der Waals surface area contributed by atoms with Gasteiger partial charge < -0.3 is 92.7 Å². The van der Waals surface area contributed by atoms with Crippen LogP contribution in [0.25, 0.3) is 32.6 Å². The van der Waals surface area contributed by atoms with Gasteiger partial charge in [0.25, 0.3) is 0 Å². The number of fused-ring (bicyclic) bond motifs is 3. The maximum Gasteiger partial charge on any atom is 0.341 e. The van der Waals surface area contributed by atoms with E-state index in [2.05, 4.69) is 10.6 Å². The van der Waals surface area contributed by atoms with E-state index in [1.165, 1.54) is 48.8 Å². The number of carboxylic acid groups (broad SMARTS) is 2. The highest BCUT2D eigenvalue weighted by molar-refractivity contribution is 7.86. The number of nitrogens with two attached hydrogens (primary N) is 2. The number of hydrogen-bond acceptors (Lipinski definition) is 12. The first-order chi connectivity index (χ1) is 30.3. The van der Waals surface area contributed by atoms with Crippen molar-refractivity contribution < 1.29 is 109 Å². The van der Waals surface area contributed by atoms with E-state index in [1.54, 1.807) is 21.3 Å². The minimum absolute atomic E-state index is 0. The minimum Gasteiger partial charge on any atom is -0.744 e. The number of rotatable bonds is 8. The molecule has 22 N–H and O–H groups in total. The van der Waals surface area contributed by atoms with Gasteiger partial charge in [-0.3, -0.25) is 9.59 Å². The van der Waals surface area contributed by atoms with E-state index < -0.39 is 64.5 Å². The summed E-state index contributed by atoms with van der Waals surface area (Å²) in [5, 5.41) is 22.7. The van der Waals surface area contributed by atoms with E-state index in [1.807, 2.05) is 23.6 Å². The lowest BCUT2D eigenvalue weighted by Gasteiger charge is -2.28. The van der Waals surface area contributed by atoms with E-state index in [0.29, 0.717) is 35.5 Å². The molecule has 2 fully saturated rings. The predicted octanol–water partition coefficient (Wildman–Crippen LogP) is -5.47. The molecular weight excluding hydrogens is 1010 g/mol. The number of aryl methyl sites for hydroxylation is 2. The second kappa shape index (κ2) is 28.4. The van der Waals surface area contributed by atoms with Crippen molar-refractivity contribution in [2.45, 2.75) is 36.7 Å². The molecule has 0 aliphatic carbocycles. The third kappa shape index (κ3) is 14.7. The zero-order valence-corrected chi connectivity index (χ0v) is 40.1. The van der Waals surface area contributed by atoms with E-state index in [4.69, 9.17) is 10.2 Å². The number of halogens is 2. The number of aromatic carboxylic acids is 2. The van der Waals surface area contributed by atoms with Crippen molar-refractivity contribution >= 4 is 76.1 Å². The molecule has 0 amide bonds. The normalized spacial score (nSPS) is 12.9. The molecular formula is C42H60F2N6O20S2. The van der Waals surface area contributed by atoms with Crippen molar-refractivity contribution in [2.75, 3.05) is 62.2 Å². The number of carbonyl (C=O) groups is 2. The number of carboxylic acids is 2. The summed E-state index contributed by atoms with van der Waals surface area (Å²) in [6.45, 7) is 11.3. The standard InChI is InChI=1S/2C16H18FN3O3.C10H8O6S2.8H2O/c2*1-2-19-9-11(16(22)23)15(21)10-7-12(17)14(8-13(10)19)20-5-3-18-4-6-20;11-17(12,13)9-5-1-3-7-8(9)4-2-6-10(7)18(14,15)16;;;;;;;;/h2*7-9,18H,2-6H2,1H3,(H,22,23);1-6H,(H,11,12,13)(H,14,15,16);8*1H2. The Bertz CT molecular complexity index is 2960.